The van der Waals surface area contributed by atoms with Gasteiger partial charge in [0.05, 0.1) is 63.8 Å². The monoisotopic (exact) mass is 812 g/mol. The lowest BCUT2D eigenvalue weighted by molar-refractivity contribution is -0.202. The molecule has 0 unspecified atom stereocenters. The second-order valence-corrected chi connectivity index (χ2v) is 11.7. The van der Waals surface area contributed by atoms with Crippen LogP contribution in [0.5, 0.6) is 0 Å². The zero-order valence-electron chi connectivity index (χ0n) is 28.3. The molecule has 0 aromatic heterocycles. The first-order valence-electron chi connectivity index (χ1n) is 14.4. The minimum atomic E-state index is -3.02. The Morgan fingerprint density at radius 3 is 0.843 bits per heavy atom. The molecular formula is C29H48O18S4. The number of aliphatic carboxylic acids is 4. The second-order valence-electron chi connectivity index (χ2n) is 9.86. The number of aliphatic hydroxyl groups excluding tert-OH is 3. The lowest BCUT2D eigenvalue weighted by atomic mass is 9.66. The maximum atomic E-state index is 12.8. The van der Waals surface area contributed by atoms with Crippen molar-refractivity contribution >= 4 is 109 Å². The van der Waals surface area contributed by atoms with Crippen LogP contribution < -0.4 is 0 Å². The fourth-order valence-electron chi connectivity index (χ4n) is 2.95. The molecule has 0 spiro atoms. The summed E-state index contributed by atoms with van der Waals surface area (Å²) in [6, 6.07) is 0. The number of rotatable bonds is 21. The highest BCUT2D eigenvalue weighted by atomic mass is 32.1. The number of ketones is 5. The van der Waals surface area contributed by atoms with Gasteiger partial charge in [-0.2, -0.15) is 50.5 Å². The van der Waals surface area contributed by atoms with Crippen molar-refractivity contribution in [1.82, 2.24) is 0 Å². The van der Waals surface area contributed by atoms with E-state index in [9.17, 15) is 63.3 Å². The van der Waals surface area contributed by atoms with Crippen molar-refractivity contribution in [2.75, 3.05) is 42.8 Å². The van der Waals surface area contributed by atoms with Crippen LogP contribution in [0, 0.1) is 5.41 Å². The lowest BCUT2D eigenvalue weighted by Gasteiger charge is -2.44. The summed E-state index contributed by atoms with van der Waals surface area (Å²) in [5, 5.41) is 60.6. The third-order valence-electron chi connectivity index (χ3n) is 5.22. The first kappa shape index (κ1) is 57.3. The molecule has 0 aromatic carbocycles. The maximum Gasteiger partial charge on any atom is 0.314 e. The number of Topliss-reactive ketones (excluding diaryl/α,β-unsaturated/α-hetero) is 5. The van der Waals surface area contributed by atoms with Crippen LogP contribution in [0.3, 0.4) is 0 Å². The van der Waals surface area contributed by atoms with Crippen molar-refractivity contribution in [2.24, 2.45) is 5.41 Å². The first-order chi connectivity index (χ1) is 23.5. The summed E-state index contributed by atoms with van der Waals surface area (Å²) in [4.78, 5) is 110. The number of hydrogen-bond donors (Lipinski definition) is 11. The van der Waals surface area contributed by atoms with Crippen LogP contribution in [0.4, 0.5) is 0 Å². The van der Waals surface area contributed by atoms with E-state index in [0.29, 0.717) is 23.0 Å². The maximum absolute atomic E-state index is 12.8. The molecule has 22 heteroatoms. The first-order valence-corrected chi connectivity index (χ1v) is 16.9. The van der Waals surface area contributed by atoms with Gasteiger partial charge in [-0.15, -0.1) is 0 Å². The van der Waals surface area contributed by atoms with Crippen molar-refractivity contribution < 1.29 is 88.4 Å². The molecule has 0 rings (SSSR count). The molecule has 51 heavy (non-hydrogen) atoms. The number of aliphatic hydroxyl groups is 3. The van der Waals surface area contributed by atoms with Gasteiger partial charge in [-0.3, -0.25) is 47.9 Å². The minimum Gasteiger partial charge on any atom is -0.481 e. The van der Waals surface area contributed by atoms with Gasteiger partial charge in [0.25, 0.3) is 0 Å². The van der Waals surface area contributed by atoms with Gasteiger partial charge in [0.1, 0.15) is 23.8 Å². The molecule has 0 aliphatic heterocycles. The predicted octanol–water partition coefficient (Wildman–Crippen LogP) is -0.129. The van der Waals surface area contributed by atoms with Gasteiger partial charge in [-0.05, 0) is 20.8 Å². The Hall–Kier alpha value is -3.02. The molecule has 0 amide bonds. The van der Waals surface area contributed by atoms with E-state index in [-0.39, 0.29) is 25.7 Å². The van der Waals surface area contributed by atoms with Crippen LogP contribution in [0.2, 0.25) is 0 Å². The molecule has 0 fully saturated rings. The summed E-state index contributed by atoms with van der Waals surface area (Å²) in [6.07, 6.45) is -2.09. The molecule has 0 aromatic rings. The van der Waals surface area contributed by atoms with Crippen LogP contribution in [0.15, 0.2) is 0 Å². The van der Waals surface area contributed by atoms with Crippen molar-refractivity contribution in [2.45, 2.75) is 71.3 Å². The topological polar surface area (TPSA) is 322 Å². The minimum absolute atomic E-state index is 0.156. The van der Waals surface area contributed by atoms with E-state index in [4.69, 9.17) is 25.2 Å². The Morgan fingerprint density at radius 1 is 0.471 bits per heavy atom. The molecule has 0 bridgehead atoms. The van der Waals surface area contributed by atoms with E-state index in [0.717, 1.165) is 20.8 Å². The quantitative estimate of drug-likeness (QED) is 0.0408. The van der Waals surface area contributed by atoms with Gasteiger partial charge in [0.2, 0.25) is 5.60 Å². The summed E-state index contributed by atoms with van der Waals surface area (Å²) in [7, 11) is 0. The number of carbonyl (C=O) groups is 10. The second kappa shape index (κ2) is 34.1. The summed E-state index contributed by atoms with van der Waals surface area (Å²) in [6.45, 7) is -0.529. The highest BCUT2D eigenvalue weighted by molar-refractivity contribution is 7.80. The molecule has 0 saturated heterocycles. The standard InChI is InChI=1S/C17H24O10.4C3H6O2S/c1-10(21)4-13(24)17(14(25)5-11(2)22,16(7-18,8-19)9-20)27-15(26)6-12(3)23;4*4-3(5)1-2-6/h18-20H,4-9H2,1-3H3;4*6H,1-2H2,(H,4,5). The SMILES string of the molecule is CC(=O)CC(=O)OC(C(=O)CC(C)=O)(C(=O)CC(C)=O)C(CO)(CO)CO.O=C(O)CCS.O=C(O)CCS.O=C(O)CCS.O=C(O)CCS. The zero-order valence-corrected chi connectivity index (χ0v) is 31.9. The van der Waals surface area contributed by atoms with Crippen molar-refractivity contribution in [3.8, 4) is 0 Å². The number of ether oxygens (including phenoxy) is 1. The fourth-order valence-corrected chi connectivity index (χ4v) is 3.71. The van der Waals surface area contributed by atoms with E-state index >= 15 is 0 Å². The largest absolute Gasteiger partial charge is 0.481 e. The lowest BCUT2D eigenvalue weighted by Crippen LogP contribution is -2.67. The summed E-state index contributed by atoms with van der Waals surface area (Å²) in [5.74, 6) is -7.58. The normalized spacial score (nSPS) is 10.0. The van der Waals surface area contributed by atoms with E-state index in [1.165, 1.54) is 0 Å². The van der Waals surface area contributed by atoms with Gasteiger partial charge in [-0.1, -0.05) is 0 Å². The Bertz CT molecular complexity index is 1040. The van der Waals surface area contributed by atoms with Crippen molar-refractivity contribution in [3.05, 3.63) is 0 Å². The summed E-state index contributed by atoms with van der Waals surface area (Å²) in [5.41, 5.74) is -5.44. The van der Waals surface area contributed by atoms with Gasteiger partial charge in [0.15, 0.2) is 11.6 Å². The third kappa shape index (κ3) is 30.3. The number of carbonyl (C=O) groups excluding carboxylic acids is 6. The summed E-state index contributed by atoms with van der Waals surface area (Å²) < 4.78 is 4.97. The summed E-state index contributed by atoms with van der Waals surface area (Å²) >= 11 is 14.7. The smallest absolute Gasteiger partial charge is 0.314 e. The molecule has 0 heterocycles. The number of carboxylic acid groups (broad SMARTS) is 4. The Balaban J connectivity index is -0.000000234. The molecule has 0 atom stereocenters. The fraction of sp³-hybridized carbons (Fsp3) is 0.655. The number of carboxylic acids is 4. The van der Waals surface area contributed by atoms with Crippen LogP contribution in [-0.4, -0.2) is 143 Å². The molecule has 7 N–H and O–H groups in total. The third-order valence-corrected chi connectivity index (χ3v) is 6.12. The highest BCUT2D eigenvalue weighted by Gasteiger charge is 2.63. The molecular weight excluding hydrogens is 765 g/mol. The van der Waals surface area contributed by atoms with E-state index in [1.54, 1.807) is 0 Å². The van der Waals surface area contributed by atoms with E-state index < -0.39 is 109 Å². The average molecular weight is 813 g/mol. The van der Waals surface area contributed by atoms with Crippen LogP contribution in [0.25, 0.3) is 0 Å². The van der Waals surface area contributed by atoms with E-state index in [2.05, 4.69) is 50.5 Å². The van der Waals surface area contributed by atoms with Gasteiger partial charge >= 0.3 is 29.8 Å². The molecule has 296 valence electrons. The number of hydrogen-bond acceptors (Lipinski definition) is 18. The number of thiol groups is 4. The zero-order chi connectivity index (χ0) is 41.4. The van der Waals surface area contributed by atoms with Gasteiger partial charge in [0, 0.05) is 23.0 Å². The molecule has 18 nitrogen and oxygen atoms in total. The highest BCUT2D eigenvalue weighted by Crippen LogP contribution is 2.39. The van der Waals surface area contributed by atoms with Crippen molar-refractivity contribution in [3.63, 3.8) is 0 Å². The number of esters is 1. The molecule has 0 aliphatic rings. The average Bonchev–Trinajstić information content (AvgIpc) is 2.97. The van der Waals surface area contributed by atoms with Gasteiger partial charge in [-0.25, -0.2) is 0 Å². The molecule has 0 aliphatic carbocycles. The predicted molar refractivity (Wildman–Crippen MR) is 193 cm³/mol. The van der Waals surface area contributed by atoms with Crippen LogP contribution in [-0.2, 0) is 52.7 Å². The Labute approximate surface area is 316 Å². The Morgan fingerprint density at radius 2 is 0.706 bits per heavy atom. The van der Waals surface area contributed by atoms with Crippen molar-refractivity contribution in [1.29, 1.82) is 0 Å². The Kier molecular flexibility index (Phi) is 38.3. The van der Waals surface area contributed by atoms with Crippen LogP contribution in [0.1, 0.15) is 65.7 Å². The molecule has 0 saturated carbocycles. The van der Waals surface area contributed by atoms with E-state index in [1.807, 2.05) is 0 Å². The van der Waals surface area contributed by atoms with Gasteiger partial charge < -0.3 is 40.5 Å². The van der Waals surface area contributed by atoms with Crippen LogP contribution >= 0.6 is 50.5 Å². The molecule has 0 radical (unpaired) electrons.